The van der Waals surface area contributed by atoms with Gasteiger partial charge in [0.2, 0.25) is 0 Å². The first-order valence-electron chi connectivity index (χ1n) is 13.7. The summed E-state index contributed by atoms with van der Waals surface area (Å²) in [6, 6.07) is 0. The number of fused-ring (bicyclic) bond motifs is 5. The van der Waals surface area contributed by atoms with Crippen LogP contribution in [0, 0.1) is 52.3 Å². The molecular formula is C29H48ClNO. The molecule has 3 fully saturated rings. The zero-order valence-electron chi connectivity index (χ0n) is 21.5. The molecule has 32 heavy (non-hydrogen) atoms. The summed E-state index contributed by atoms with van der Waals surface area (Å²) in [5.74, 6) is 4.98. The highest BCUT2D eigenvalue weighted by molar-refractivity contribution is 6.20. The molecule has 1 N–H and O–H groups in total. The van der Waals surface area contributed by atoms with Gasteiger partial charge in [-0.05, 0) is 104 Å². The van der Waals surface area contributed by atoms with Gasteiger partial charge in [-0.25, -0.2) is 0 Å². The summed E-state index contributed by atoms with van der Waals surface area (Å²) in [4.78, 5) is 0. The van der Waals surface area contributed by atoms with E-state index >= 15 is 0 Å². The van der Waals surface area contributed by atoms with Crippen LogP contribution >= 0.6 is 11.6 Å². The standard InChI is InChI=1S/C29H48ClNO/c1-7-20(18(2)3)9-8-19(4)23-10-11-24-27-25(13-15-29(23,24)6)28(5)14-12-22(30)16-21(28)17-26(27)31-32/h17-20,22-25,27,32H,7-16H2,1-6H3/t19-,20-,22+,23-,24+,25+,27+,28+,29-/m1/s1. The predicted octanol–water partition coefficient (Wildman–Crippen LogP) is 8.71. The van der Waals surface area contributed by atoms with Crippen LogP contribution < -0.4 is 0 Å². The molecule has 0 aromatic rings. The van der Waals surface area contributed by atoms with Crippen LogP contribution in [0.4, 0.5) is 0 Å². The number of oxime groups is 1. The van der Waals surface area contributed by atoms with E-state index in [0.717, 1.165) is 42.2 Å². The van der Waals surface area contributed by atoms with Gasteiger partial charge in [-0.1, -0.05) is 65.1 Å². The molecule has 3 saturated carbocycles. The minimum Gasteiger partial charge on any atom is -0.411 e. The number of hydrogen-bond acceptors (Lipinski definition) is 2. The third-order valence-corrected chi connectivity index (χ3v) is 11.6. The minimum atomic E-state index is 0.245. The molecule has 9 atom stereocenters. The molecule has 4 aliphatic rings. The van der Waals surface area contributed by atoms with Crippen molar-refractivity contribution in [1.82, 2.24) is 0 Å². The largest absolute Gasteiger partial charge is 0.411 e. The van der Waals surface area contributed by atoms with Crippen molar-refractivity contribution in [1.29, 1.82) is 0 Å². The van der Waals surface area contributed by atoms with Crippen LogP contribution in [-0.2, 0) is 0 Å². The highest BCUT2D eigenvalue weighted by Crippen LogP contribution is 2.67. The van der Waals surface area contributed by atoms with Crippen molar-refractivity contribution in [3.8, 4) is 0 Å². The first-order chi connectivity index (χ1) is 15.2. The Morgan fingerprint density at radius 3 is 2.47 bits per heavy atom. The molecule has 3 heteroatoms. The Hall–Kier alpha value is -0.500. The van der Waals surface area contributed by atoms with E-state index in [4.69, 9.17) is 11.6 Å². The molecule has 4 rings (SSSR count). The number of halogens is 1. The lowest BCUT2D eigenvalue weighted by atomic mass is 9.46. The van der Waals surface area contributed by atoms with Gasteiger partial charge in [0.25, 0.3) is 0 Å². The quantitative estimate of drug-likeness (QED) is 0.239. The normalized spacial score (nSPS) is 44.6. The molecule has 0 amide bonds. The molecule has 0 unspecified atom stereocenters. The molecule has 0 bridgehead atoms. The van der Waals surface area contributed by atoms with Crippen LogP contribution in [0.15, 0.2) is 16.8 Å². The molecule has 0 spiro atoms. The lowest BCUT2D eigenvalue weighted by Crippen LogP contribution is -2.53. The van der Waals surface area contributed by atoms with Gasteiger partial charge in [-0.15, -0.1) is 11.6 Å². The molecule has 0 aromatic carbocycles. The molecule has 0 aromatic heterocycles. The number of hydrogen-bond donors (Lipinski definition) is 1. The van der Waals surface area contributed by atoms with Crippen molar-refractivity contribution in [3.63, 3.8) is 0 Å². The minimum absolute atomic E-state index is 0.245. The van der Waals surface area contributed by atoms with E-state index < -0.39 is 0 Å². The SMILES string of the molecule is CC[C@H](CC[C@@H](C)[C@H]1CC[C@H]2[C@@H]3C(=NO)C=C4C[C@@H](Cl)CC[C@]4(C)[C@H]3CC[C@]12C)C(C)C. The van der Waals surface area contributed by atoms with E-state index in [1.54, 1.807) is 0 Å². The summed E-state index contributed by atoms with van der Waals surface area (Å²) < 4.78 is 0. The van der Waals surface area contributed by atoms with Crippen LogP contribution in [0.2, 0.25) is 0 Å². The van der Waals surface area contributed by atoms with Crippen molar-refractivity contribution in [2.45, 2.75) is 111 Å². The van der Waals surface area contributed by atoms with Gasteiger partial charge < -0.3 is 5.21 Å². The van der Waals surface area contributed by atoms with E-state index in [2.05, 4.69) is 52.8 Å². The van der Waals surface area contributed by atoms with Crippen molar-refractivity contribution < 1.29 is 5.21 Å². The molecule has 4 aliphatic carbocycles. The number of alkyl halides is 1. The van der Waals surface area contributed by atoms with Gasteiger partial charge in [-0.3, -0.25) is 0 Å². The van der Waals surface area contributed by atoms with Gasteiger partial charge in [0.15, 0.2) is 0 Å². The Morgan fingerprint density at radius 2 is 1.81 bits per heavy atom. The zero-order chi connectivity index (χ0) is 23.3. The zero-order valence-corrected chi connectivity index (χ0v) is 22.3. The van der Waals surface area contributed by atoms with Crippen molar-refractivity contribution >= 4 is 17.3 Å². The Kier molecular flexibility index (Phi) is 7.13. The maximum Gasteiger partial charge on any atom is 0.0832 e. The van der Waals surface area contributed by atoms with Crippen molar-refractivity contribution in [3.05, 3.63) is 11.6 Å². The summed E-state index contributed by atoms with van der Waals surface area (Å²) >= 11 is 6.57. The Bertz CT molecular complexity index is 743. The second kappa shape index (κ2) is 9.27. The highest BCUT2D eigenvalue weighted by Gasteiger charge is 2.60. The summed E-state index contributed by atoms with van der Waals surface area (Å²) in [6.07, 6.45) is 14.9. The summed E-state index contributed by atoms with van der Waals surface area (Å²) in [6.45, 7) is 14.8. The molecule has 0 saturated heterocycles. The van der Waals surface area contributed by atoms with Gasteiger partial charge in [0.1, 0.15) is 0 Å². The van der Waals surface area contributed by atoms with E-state index in [1.165, 1.54) is 56.9 Å². The van der Waals surface area contributed by atoms with Crippen molar-refractivity contribution in [2.75, 3.05) is 0 Å². The van der Waals surface area contributed by atoms with Gasteiger partial charge in [0, 0.05) is 11.3 Å². The van der Waals surface area contributed by atoms with E-state index in [0.29, 0.717) is 23.2 Å². The molecule has 182 valence electrons. The van der Waals surface area contributed by atoms with E-state index in [1.807, 2.05) is 0 Å². The smallest absolute Gasteiger partial charge is 0.0832 e. The fraction of sp³-hybridized carbons (Fsp3) is 0.897. The summed E-state index contributed by atoms with van der Waals surface area (Å²) in [5.41, 5.74) is 3.08. The number of allylic oxidation sites excluding steroid dienone is 2. The second-order valence-electron chi connectivity index (χ2n) is 12.9. The van der Waals surface area contributed by atoms with E-state index in [9.17, 15) is 5.21 Å². The average Bonchev–Trinajstić information content (AvgIpc) is 3.11. The fourth-order valence-electron chi connectivity index (χ4n) is 9.14. The first-order valence-corrected chi connectivity index (χ1v) is 14.2. The van der Waals surface area contributed by atoms with Gasteiger partial charge >= 0.3 is 0 Å². The first kappa shape index (κ1) is 24.6. The third-order valence-electron chi connectivity index (χ3n) is 11.2. The van der Waals surface area contributed by atoms with Gasteiger partial charge in [0.05, 0.1) is 5.71 Å². The molecule has 0 heterocycles. The third kappa shape index (κ3) is 3.99. The molecule has 2 nitrogen and oxygen atoms in total. The maximum atomic E-state index is 10.1. The number of nitrogens with zero attached hydrogens (tertiary/aromatic N) is 1. The lowest BCUT2D eigenvalue weighted by Gasteiger charge is -2.58. The Labute approximate surface area is 202 Å². The average molecular weight is 462 g/mol. The topological polar surface area (TPSA) is 32.6 Å². The Balaban J connectivity index is 1.56. The van der Waals surface area contributed by atoms with Crippen LogP contribution in [-0.4, -0.2) is 16.3 Å². The van der Waals surface area contributed by atoms with Crippen LogP contribution in [0.25, 0.3) is 0 Å². The lowest BCUT2D eigenvalue weighted by molar-refractivity contribution is -0.0225. The summed E-state index contributed by atoms with van der Waals surface area (Å²) in [7, 11) is 0. The van der Waals surface area contributed by atoms with Crippen LogP contribution in [0.1, 0.15) is 106 Å². The summed E-state index contributed by atoms with van der Waals surface area (Å²) in [5, 5.41) is 14.3. The van der Waals surface area contributed by atoms with E-state index in [-0.39, 0.29) is 10.8 Å². The predicted molar refractivity (Wildman–Crippen MR) is 136 cm³/mol. The Morgan fingerprint density at radius 1 is 1.06 bits per heavy atom. The highest BCUT2D eigenvalue weighted by atomic mass is 35.5. The van der Waals surface area contributed by atoms with Crippen LogP contribution in [0.5, 0.6) is 0 Å². The molecule has 0 radical (unpaired) electrons. The monoisotopic (exact) mass is 461 g/mol. The molecular weight excluding hydrogens is 414 g/mol. The maximum absolute atomic E-state index is 10.1. The van der Waals surface area contributed by atoms with Crippen molar-refractivity contribution in [2.24, 2.45) is 57.4 Å². The number of rotatable bonds is 6. The molecule has 0 aliphatic heterocycles. The van der Waals surface area contributed by atoms with Crippen LogP contribution in [0.3, 0.4) is 0 Å². The van der Waals surface area contributed by atoms with Gasteiger partial charge in [-0.2, -0.15) is 0 Å². The second-order valence-corrected chi connectivity index (χ2v) is 13.5. The fourth-order valence-corrected chi connectivity index (χ4v) is 9.41.